The second-order valence-corrected chi connectivity index (χ2v) is 9.47. The van der Waals surface area contributed by atoms with Crippen LogP contribution in [0.15, 0.2) is 52.6 Å². The molecule has 0 radical (unpaired) electrons. The first-order chi connectivity index (χ1) is 17.3. The van der Waals surface area contributed by atoms with Crippen molar-refractivity contribution >= 4 is 17.6 Å². The second-order valence-electron chi connectivity index (χ2n) is 9.47. The first-order valence-corrected chi connectivity index (χ1v) is 12.1. The summed E-state index contributed by atoms with van der Waals surface area (Å²) in [6, 6.07) is 9.08. The molecule has 2 amide bonds. The van der Waals surface area contributed by atoms with Crippen molar-refractivity contribution in [2.75, 3.05) is 45.9 Å². The van der Waals surface area contributed by atoms with Crippen molar-refractivity contribution in [2.45, 2.75) is 25.4 Å². The molecule has 5 rings (SSSR count). The number of carbonyl (C=O) groups is 1. The van der Waals surface area contributed by atoms with Gasteiger partial charge < -0.3 is 14.5 Å². The fraction of sp³-hybridized carbons (Fsp3) is 0.462. The van der Waals surface area contributed by atoms with Crippen molar-refractivity contribution in [2.24, 2.45) is 15.9 Å². The Labute approximate surface area is 207 Å². The highest BCUT2D eigenvalue weighted by Gasteiger charge is 2.37. The predicted molar refractivity (Wildman–Crippen MR) is 129 cm³/mol. The summed E-state index contributed by atoms with van der Waals surface area (Å²) in [6.07, 6.45) is -1.95. The number of nitrogens with zero attached hydrogens (tertiary/aromatic N) is 5. The van der Waals surface area contributed by atoms with E-state index in [2.05, 4.69) is 9.98 Å². The first-order valence-electron chi connectivity index (χ1n) is 12.1. The van der Waals surface area contributed by atoms with E-state index in [0.29, 0.717) is 58.2 Å². The summed E-state index contributed by atoms with van der Waals surface area (Å²) in [5, 5.41) is 0. The van der Waals surface area contributed by atoms with Crippen LogP contribution in [0.5, 0.6) is 0 Å². The minimum Gasteiger partial charge on any atom is -0.378 e. The van der Waals surface area contributed by atoms with E-state index in [9.17, 15) is 18.0 Å². The van der Waals surface area contributed by atoms with Crippen LogP contribution < -0.4 is 0 Å². The number of aliphatic imine (C=N–C) groups is 2. The number of amides is 2. The molecule has 2 unspecified atom stereocenters. The molecule has 1 aromatic heterocycles. The van der Waals surface area contributed by atoms with E-state index in [4.69, 9.17) is 9.73 Å². The van der Waals surface area contributed by atoms with E-state index >= 15 is 0 Å². The van der Waals surface area contributed by atoms with Gasteiger partial charge in [0.05, 0.1) is 25.3 Å². The number of pyridine rings is 1. The third-order valence-corrected chi connectivity index (χ3v) is 6.99. The zero-order chi connectivity index (χ0) is 25.3. The Morgan fingerprint density at radius 3 is 2.39 bits per heavy atom. The Morgan fingerprint density at radius 2 is 1.72 bits per heavy atom. The number of alkyl halides is 3. The van der Waals surface area contributed by atoms with E-state index in [-0.39, 0.29) is 17.9 Å². The lowest BCUT2D eigenvalue weighted by molar-refractivity contribution is -0.137. The highest BCUT2D eigenvalue weighted by molar-refractivity contribution is 6.12. The SMILES string of the molecule is Cc1ccc(C2=NCC(C3CC(c4ccc(C(F)(F)F)cc4)CN(C(=O)N4CCOCC4)C3)=N2)cn1. The molecule has 36 heavy (non-hydrogen) atoms. The molecule has 190 valence electrons. The van der Waals surface area contributed by atoms with Crippen LogP contribution in [-0.2, 0) is 10.9 Å². The van der Waals surface area contributed by atoms with Crippen molar-refractivity contribution in [3.05, 3.63) is 65.0 Å². The number of hydrogen-bond donors (Lipinski definition) is 0. The molecule has 0 bridgehead atoms. The molecule has 3 aliphatic heterocycles. The topological polar surface area (TPSA) is 70.4 Å². The Kier molecular flexibility index (Phi) is 6.79. The van der Waals surface area contributed by atoms with Crippen LogP contribution in [0.3, 0.4) is 0 Å². The molecule has 4 heterocycles. The number of halogens is 3. The molecule has 0 spiro atoms. The van der Waals surface area contributed by atoms with Gasteiger partial charge in [-0.2, -0.15) is 13.2 Å². The van der Waals surface area contributed by atoms with Crippen LogP contribution in [0.2, 0.25) is 0 Å². The number of amidine groups is 1. The van der Waals surface area contributed by atoms with Crippen LogP contribution in [0.25, 0.3) is 0 Å². The molecule has 0 saturated carbocycles. The van der Waals surface area contributed by atoms with Gasteiger partial charge in [0.15, 0.2) is 5.84 Å². The van der Waals surface area contributed by atoms with Gasteiger partial charge in [0.25, 0.3) is 0 Å². The summed E-state index contributed by atoms with van der Waals surface area (Å²) < 4.78 is 44.7. The number of aromatic nitrogens is 1. The highest BCUT2D eigenvalue weighted by atomic mass is 19.4. The largest absolute Gasteiger partial charge is 0.416 e. The lowest BCUT2D eigenvalue weighted by Crippen LogP contribution is -2.53. The Balaban J connectivity index is 1.39. The number of piperidine rings is 1. The normalized spacial score (nSPS) is 22.9. The number of benzene rings is 1. The van der Waals surface area contributed by atoms with Gasteiger partial charge >= 0.3 is 12.2 Å². The predicted octanol–water partition coefficient (Wildman–Crippen LogP) is 4.17. The maximum absolute atomic E-state index is 13.4. The minimum absolute atomic E-state index is 0.0457. The molecule has 7 nitrogen and oxygen atoms in total. The van der Waals surface area contributed by atoms with Crippen molar-refractivity contribution in [3.63, 3.8) is 0 Å². The zero-order valence-electron chi connectivity index (χ0n) is 20.0. The van der Waals surface area contributed by atoms with Gasteiger partial charge in [-0.25, -0.2) is 9.79 Å². The van der Waals surface area contributed by atoms with Crippen LogP contribution in [0.1, 0.15) is 34.7 Å². The highest BCUT2D eigenvalue weighted by Crippen LogP contribution is 2.35. The number of rotatable bonds is 3. The number of likely N-dealkylation sites (tertiary alicyclic amines) is 1. The summed E-state index contributed by atoms with van der Waals surface area (Å²) in [5.74, 6) is 0.472. The number of morpholine rings is 1. The van der Waals surface area contributed by atoms with E-state index in [1.165, 1.54) is 12.1 Å². The number of hydrogen-bond acceptors (Lipinski definition) is 5. The van der Waals surface area contributed by atoms with Gasteiger partial charge in [0.1, 0.15) is 0 Å². The van der Waals surface area contributed by atoms with Crippen LogP contribution in [0.4, 0.5) is 18.0 Å². The van der Waals surface area contributed by atoms with Crippen molar-refractivity contribution < 1.29 is 22.7 Å². The third-order valence-electron chi connectivity index (χ3n) is 6.99. The van der Waals surface area contributed by atoms with E-state index in [1.807, 2.05) is 24.0 Å². The monoisotopic (exact) mass is 499 g/mol. The average molecular weight is 500 g/mol. The minimum atomic E-state index is -4.39. The number of ether oxygens (including phenoxy) is 1. The maximum atomic E-state index is 13.4. The molecule has 2 fully saturated rings. The summed E-state index contributed by atoms with van der Waals surface area (Å²) in [6.45, 7) is 5.35. The Morgan fingerprint density at radius 1 is 1.00 bits per heavy atom. The van der Waals surface area contributed by atoms with E-state index in [0.717, 1.165) is 34.7 Å². The van der Waals surface area contributed by atoms with E-state index in [1.54, 1.807) is 11.1 Å². The maximum Gasteiger partial charge on any atom is 0.416 e. The standard InChI is InChI=1S/C26H28F3N5O2/c1-17-2-3-19(13-30-17)24-31-14-23(32-24)21-12-20(18-4-6-22(7-5-18)26(27,28)29)15-34(16-21)25(35)33-8-10-36-11-9-33/h2-7,13,20-21H,8-12,14-16H2,1H3. The molecule has 3 aliphatic rings. The zero-order valence-corrected chi connectivity index (χ0v) is 20.0. The van der Waals surface area contributed by atoms with Gasteiger partial charge in [-0.1, -0.05) is 12.1 Å². The molecular formula is C26H28F3N5O2. The van der Waals surface area contributed by atoms with Gasteiger partial charge in [-0.3, -0.25) is 9.98 Å². The Bertz CT molecular complexity index is 1160. The quantitative estimate of drug-likeness (QED) is 0.637. The average Bonchev–Trinajstić information content (AvgIpc) is 3.39. The molecule has 0 N–H and O–H groups in total. The van der Waals surface area contributed by atoms with Crippen molar-refractivity contribution in [3.8, 4) is 0 Å². The third kappa shape index (κ3) is 5.28. The lowest BCUT2D eigenvalue weighted by atomic mass is 9.82. The van der Waals surface area contributed by atoms with Crippen molar-refractivity contribution in [1.29, 1.82) is 0 Å². The van der Waals surface area contributed by atoms with Crippen LogP contribution in [-0.4, -0.2) is 78.3 Å². The summed E-state index contributed by atoms with van der Waals surface area (Å²) in [4.78, 5) is 30.7. The fourth-order valence-corrected chi connectivity index (χ4v) is 4.98. The summed E-state index contributed by atoms with van der Waals surface area (Å²) in [7, 11) is 0. The second kappa shape index (κ2) is 10.0. The first kappa shape index (κ1) is 24.4. The molecule has 10 heteroatoms. The van der Waals surface area contributed by atoms with Gasteiger partial charge in [0.2, 0.25) is 0 Å². The van der Waals surface area contributed by atoms with Gasteiger partial charge in [-0.05, 0) is 43.2 Å². The number of urea groups is 1. The van der Waals surface area contributed by atoms with E-state index < -0.39 is 11.7 Å². The number of carbonyl (C=O) groups excluding carboxylic acids is 1. The Hall–Kier alpha value is -3.27. The molecule has 2 atom stereocenters. The van der Waals surface area contributed by atoms with Crippen molar-refractivity contribution in [1.82, 2.24) is 14.8 Å². The molecule has 1 aromatic carbocycles. The fourth-order valence-electron chi connectivity index (χ4n) is 4.98. The van der Waals surface area contributed by atoms with Gasteiger partial charge in [0, 0.05) is 61.2 Å². The molecule has 2 saturated heterocycles. The number of aryl methyl sites for hydroxylation is 1. The molecule has 2 aromatic rings. The molecule has 0 aliphatic carbocycles. The smallest absolute Gasteiger partial charge is 0.378 e. The lowest BCUT2D eigenvalue weighted by Gasteiger charge is -2.41. The van der Waals surface area contributed by atoms with Gasteiger partial charge in [-0.15, -0.1) is 0 Å². The van der Waals surface area contributed by atoms with Crippen LogP contribution in [0, 0.1) is 12.8 Å². The summed E-state index contributed by atoms with van der Waals surface area (Å²) in [5.41, 5.74) is 2.75. The van der Waals surface area contributed by atoms with Crippen LogP contribution >= 0.6 is 0 Å². The summed E-state index contributed by atoms with van der Waals surface area (Å²) >= 11 is 0. The molecular weight excluding hydrogens is 471 g/mol.